The zero-order chi connectivity index (χ0) is 19.4. The lowest BCUT2D eigenvalue weighted by Crippen LogP contribution is -2.08. The van der Waals surface area contributed by atoms with Crippen LogP contribution in [0.2, 0.25) is 0 Å². The molecule has 0 spiro atoms. The SMILES string of the molecule is CCCCCCCc1c(C)c(O)c(CC)c(CC)c1CCCCCCC. The van der Waals surface area contributed by atoms with Gasteiger partial charge < -0.3 is 5.11 Å². The van der Waals surface area contributed by atoms with Gasteiger partial charge in [-0.1, -0.05) is 79.1 Å². The van der Waals surface area contributed by atoms with Gasteiger partial charge in [0.05, 0.1) is 0 Å². The van der Waals surface area contributed by atoms with Crippen LogP contribution in [0.4, 0.5) is 0 Å². The molecule has 0 aliphatic heterocycles. The summed E-state index contributed by atoms with van der Waals surface area (Å²) >= 11 is 0. The fraction of sp³-hybridized carbons (Fsp3) is 0.760. The first-order chi connectivity index (χ1) is 12.6. The van der Waals surface area contributed by atoms with Gasteiger partial charge in [0.2, 0.25) is 0 Å². The van der Waals surface area contributed by atoms with E-state index in [4.69, 9.17) is 0 Å². The van der Waals surface area contributed by atoms with E-state index in [2.05, 4.69) is 34.6 Å². The minimum absolute atomic E-state index is 0.586. The number of phenols is 1. The highest BCUT2D eigenvalue weighted by atomic mass is 16.3. The lowest BCUT2D eigenvalue weighted by atomic mass is 9.84. The van der Waals surface area contributed by atoms with Crippen molar-refractivity contribution < 1.29 is 5.11 Å². The second-order valence-corrected chi connectivity index (χ2v) is 7.92. The summed E-state index contributed by atoms with van der Waals surface area (Å²) in [5.74, 6) is 0.586. The van der Waals surface area contributed by atoms with E-state index in [0.717, 1.165) is 24.8 Å². The van der Waals surface area contributed by atoms with E-state index in [9.17, 15) is 5.11 Å². The van der Waals surface area contributed by atoms with Crippen LogP contribution in [-0.4, -0.2) is 5.11 Å². The summed E-state index contributed by atoms with van der Waals surface area (Å²) in [5, 5.41) is 10.8. The highest BCUT2D eigenvalue weighted by molar-refractivity contribution is 5.55. The van der Waals surface area contributed by atoms with Crippen molar-refractivity contribution in [1.29, 1.82) is 0 Å². The molecule has 0 unspecified atom stereocenters. The number of benzene rings is 1. The Kier molecular flexibility index (Phi) is 11.7. The summed E-state index contributed by atoms with van der Waals surface area (Å²) in [6.45, 7) is 11.1. The molecule has 1 aromatic rings. The molecule has 0 aromatic heterocycles. The van der Waals surface area contributed by atoms with Crippen LogP contribution in [0.5, 0.6) is 5.75 Å². The van der Waals surface area contributed by atoms with Crippen LogP contribution in [0.1, 0.15) is 120 Å². The molecular weight excluding hydrogens is 316 g/mol. The molecule has 0 aliphatic carbocycles. The van der Waals surface area contributed by atoms with E-state index in [1.807, 2.05) is 0 Å². The van der Waals surface area contributed by atoms with Crippen molar-refractivity contribution in [1.82, 2.24) is 0 Å². The highest BCUT2D eigenvalue weighted by Gasteiger charge is 2.19. The van der Waals surface area contributed by atoms with Gasteiger partial charge in [-0.3, -0.25) is 0 Å². The summed E-state index contributed by atoms with van der Waals surface area (Å²) in [6, 6.07) is 0. The molecule has 1 N–H and O–H groups in total. The molecular formula is C25H44O. The Bertz CT molecular complexity index is 516. The summed E-state index contributed by atoms with van der Waals surface area (Å²) in [5.41, 5.74) is 6.89. The maximum absolute atomic E-state index is 10.8. The topological polar surface area (TPSA) is 20.2 Å². The Hall–Kier alpha value is -0.980. The molecule has 0 aliphatic rings. The standard InChI is InChI=1S/C25H44O/c1-6-10-12-14-16-18-23-20(5)25(26)22(9-4)21(8-3)24(23)19-17-15-13-11-7-2/h26H,6-19H2,1-5H3. The van der Waals surface area contributed by atoms with E-state index in [0.29, 0.717) is 5.75 Å². The van der Waals surface area contributed by atoms with Crippen molar-refractivity contribution in [3.63, 3.8) is 0 Å². The lowest BCUT2D eigenvalue weighted by Gasteiger charge is -2.22. The Labute approximate surface area is 163 Å². The first kappa shape index (κ1) is 23.1. The smallest absolute Gasteiger partial charge is 0.122 e. The van der Waals surface area contributed by atoms with Gasteiger partial charge in [-0.2, -0.15) is 0 Å². The van der Waals surface area contributed by atoms with Crippen molar-refractivity contribution in [2.75, 3.05) is 0 Å². The minimum atomic E-state index is 0.586. The Morgan fingerprint density at radius 3 is 1.46 bits per heavy atom. The van der Waals surface area contributed by atoms with Crippen molar-refractivity contribution >= 4 is 0 Å². The zero-order valence-electron chi connectivity index (χ0n) is 18.3. The molecule has 0 fully saturated rings. The molecule has 0 atom stereocenters. The Balaban J connectivity index is 3.00. The van der Waals surface area contributed by atoms with Gasteiger partial charge >= 0.3 is 0 Å². The van der Waals surface area contributed by atoms with E-state index in [-0.39, 0.29) is 0 Å². The summed E-state index contributed by atoms with van der Waals surface area (Å²) in [7, 11) is 0. The predicted octanol–water partition coefficient (Wildman–Crippen LogP) is 7.85. The number of aromatic hydroxyl groups is 1. The zero-order valence-corrected chi connectivity index (χ0v) is 18.3. The quantitative estimate of drug-likeness (QED) is 0.335. The number of rotatable bonds is 14. The van der Waals surface area contributed by atoms with Gasteiger partial charge in [-0.25, -0.2) is 0 Å². The van der Waals surface area contributed by atoms with Crippen LogP contribution in [-0.2, 0) is 25.7 Å². The maximum Gasteiger partial charge on any atom is 0.122 e. The summed E-state index contributed by atoms with van der Waals surface area (Å²) in [6.07, 6.45) is 17.6. The Morgan fingerprint density at radius 2 is 1.00 bits per heavy atom. The van der Waals surface area contributed by atoms with Gasteiger partial charge in [-0.05, 0) is 73.3 Å². The van der Waals surface area contributed by atoms with Crippen molar-refractivity contribution in [3.8, 4) is 5.75 Å². The van der Waals surface area contributed by atoms with E-state index >= 15 is 0 Å². The van der Waals surface area contributed by atoms with Crippen molar-refractivity contribution in [3.05, 3.63) is 27.8 Å². The van der Waals surface area contributed by atoms with E-state index in [1.165, 1.54) is 87.3 Å². The van der Waals surface area contributed by atoms with Gasteiger partial charge in [0, 0.05) is 0 Å². The summed E-state index contributed by atoms with van der Waals surface area (Å²) < 4.78 is 0. The van der Waals surface area contributed by atoms with Crippen LogP contribution in [0.25, 0.3) is 0 Å². The third-order valence-electron chi connectivity index (χ3n) is 5.95. The van der Waals surface area contributed by atoms with E-state index < -0.39 is 0 Å². The van der Waals surface area contributed by atoms with Gasteiger partial charge in [0.25, 0.3) is 0 Å². The summed E-state index contributed by atoms with van der Waals surface area (Å²) in [4.78, 5) is 0. The van der Waals surface area contributed by atoms with Crippen LogP contribution in [0.3, 0.4) is 0 Å². The third kappa shape index (κ3) is 6.63. The van der Waals surface area contributed by atoms with Crippen LogP contribution in [0, 0.1) is 6.92 Å². The predicted molar refractivity (Wildman–Crippen MR) is 117 cm³/mol. The molecule has 1 heteroatoms. The molecule has 150 valence electrons. The second-order valence-electron chi connectivity index (χ2n) is 7.92. The third-order valence-corrected chi connectivity index (χ3v) is 5.95. The molecule has 0 saturated carbocycles. The number of hydrogen-bond donors (Lipinski definition) is 1. The molecule has 0 saturated heterocycles. The lowest BCUT2D eigenvalue weighted by molar-refractivity contribution is 0.461. The average molecular weight is 361 g/mol. The van der Waals surface area contributed by atoms with Crippen molar-refractivity contribution in [2.45, 2.75) is 125 Å². The molecule has 0 heterocycles. The van der Waals surface area contributed by atoms with E-state index in [1.54, 1.807) is 5.56 Å². The highest BCUT2D eigenvalue weighted by Crippen LogP contribution is 2.35. The molecule has 26 heavy (non-hydrogen) atoms. The molecule has 1 aromatic carbocycles. The fourth-order valence-electron chi connectivity index (χ4n) is 4.36. The molecule has 0 bridgehead atoms. The minimum Gasteiger partial charge on any atom is -0.507 e. The van der Waals surface area contributed by atoms with Gasteiger partial charge in [-0.15, -0.1) is 0 Å². The largest absolute Gasteiger partial charge is 0.507 e. The molecule has 1 nitrogen and oxygen atoms in total. The number of hydrogen-bond acceptors (Lipinski definition) is 1. The average Bonchev–Trinajstić information content (AvgIpc) is 2.65. The Morgan fingerprint density at radius 1 is 0.538 bits per heavy atom. The molecule has 1 rings (SSSR count). The van der Waals surface area contributed by atoms with Crippen LogP contribution >= 0.6 is 0 Å². The van der Waals surface area contributed by atoms with Crippen LogP contribution < -0.4 is 0 Å². The fourth-order valence-corrected chi connectivity index (χ4v) is 4.36. The number of unbranched alkanes of at least 4 members (excludes halogenated alkanes) is 8. The number of phenolic OH excluding ortho intramolecular Hbond substituents is 1. The van der Waals surface area contributed by atoms with Crippen molar-refractivity contribution in [2.24, 2.45) is 0 Å². The first-order valence-electron chi connectivity index (χ1n) is 11.5. The van der Waals surface area contributed by atoms with Gasteiger partial charge in [0.1, 0.15) is 5.75 Å². The first-order valence-corrected chi connectivity index (χ1v) is 11.5. The second kappa shape index (κ2) is 13.2. The van der Waals surface area contributed by atoms with Gasteiger partial charge in [0.15, 0.2) is 0 Å². The van der Waals surface area contributed by atoms with Crippen LogP contribution in [0.15, 0.2) is 0 Å². The normalized spacial score (nSPS) is 11.3. The molecule has 0 radical (unpaired) electrons. The monoisotopic (exact) mass is 360 g/mol. The maximum atomic E-state index is 10.8. The molecule has 0 amide bonds.